The molecule has 2 aromatic carbocycles. The first-order valence-electron chi connectivity index (χ1n) is 7.75. The predicted molar refractivity (Wildman–Crippen MR) is 94.8 cm³/mol. The molecule has 9 heteroatoms. The van der Waals surface area contributed by atoms with E-state index in [-0.39, 0.29) is 22.0 Å². The molecule has 0 radical (unpaired) electrons. The molecule has 0 aliphatic carbocycles. The molecule has 0 heterocycles. The molecule has 0 bridgehead atoms. The van der Waals surface area contributed by atoms with E-state index in [1.54, 1.807) is 20.2 Å². The summed E-state index contributed by atoms with van der Waals surface area (Å²) in [6.45, 7) is 1.37. The van der Waals surface area contributed by atoms with E-state index < -0.39 is 34.7 Å². The second kappa shape index (κ2) is 8.26. The molecule has 0 fully saturated rings. The van der Waals surface area contributed by atoms with Gasteiger partial charge in [0.25, 0.3) is 0 Å². The van der Waals surface area contributed by atoms with Crippen molar-refractivity contribution in [1.82, 2.24) is 4.90 Å². The van der Waals surface area contributed by atoms with Gasteiger partial charge < -0.3 is 9.45 Å². The smallest absolute Gasteiger partial charge is 0.433 e. The number of hydrogen-bond acceptors (Lipinski definition) is 2. The Balaban J connectivity index is 2.53. The summed E-state index contributed by atoms with van der Waals surface area (Å²) in [7, 11) is 3.22. The SMILES string of the molecule is Cc1cc(F)c(/N=C(\c2cccc(F)c2)N(C)C)cc1[S+]([O-])CC(F)(F)F. The fourth-order valence-corrected chi connectivity index (χ4v) is 3.48. The first-order chi connectivity index (χ1) is 12.5. The number of amidine groups is 1. The van der Waals surface area contributed by atoms with Gasteiger partial charge in [-0.15, -0.1) is 0 Å². The van der Waals surface area contributed by atoms with E-state index in [0.29, 0.717) is 5.56 Å². The zero-order valence-corrected chi connectivity index (χ0v) is 15.6. The number of alkyl halides is 3. The molecule has 27 heavy (non-hydrogen) atoms. The molecular formula is C18H17F5N2OS. The molecule has 0 aromatic heterocycles. The maximum absolute atomic E-state index is 14.3. The molecule has 0 amide bonds. The third-order valence-electron chi connectivity index (χ3n) is 3.52. The van der Waals surface area contributed by atoms with Crippen molar-refractivity contribution in [3.05, 3.63) is 59.2 Å². The second-order valence-corrected chi connectivity index (χ2v) is 7.43. The van der Waals surface area contributed by atoms with Crippen LogP contribution in [-0.4, -0.2) is 41.3 Å². The van der Waals surface area contributed by atoms with Crippen molar-refractivity contribution in [2.75, 3.05) is 19.8 Å². The lowest BCUT2D eigenvalue weighted by Crippen LogP contribution is -2.24. The molecule has 1 unspecified atom stereocenters. The fraction of sp³-hybridized carbons (Fsp3) is 0.278. The first-order valence-corrected chi connectivity index (χ1v) is 9.07. The minimum absolute atomic E-state index is 0.131. The molecule has 0 spiro atoms. The van der Waals surface area contributed by atoms with E-state index in [4.69, 9.17) is 0 Å². The van der Waals surface area contributed by atoms with Crippen molar-refractivity contribution in [3.63, 3.8) is 0 Å². The normalized spacial score (nSPS) is 13.6. The van der Waals surface area contributed by atoms with Gasteiger partial charge in [0.1, 0.15) is 23.2 Å². The zero-order chi connectivity index (χ0) is 20.4. The van der Waals surface area contributed by atoms with E-state index in [9.17, 15) is 26.5 Å². The molecule has 0 N–H and O–H groups in total. The Bertz CT molecular complexity index is 852. The van der Waals surface area contributed by atoms with Gasteiger partial charge in [0, 0.05) is 31.3 Å². The Morgan fingerprint density at radius 3 is 2.37 bits per heavy atom. The first kappa shape index (κ1) is 21.2. The number of hydrogen-bond donors (Lipinski definition) is 0. The van der Waals surface area contributed by atoms with E-state index in [0.717, 1.165) is 12.1 Å². The molecule has 2 aromatic rings. The Kier molecular flexibility index (Phi) is 6.48. The molecule has 0 saturated carbocycles. The molecule has 0 saturated heterocycles. The van der Waals surface area contributed by atoms with Gasteiger partial charge in [-0.2, -0.15) is 13.2 Å². The van der Waals surface area contributed by atoms with Crippen LogP contribution in [0.5, 0.6) is 0 Å². The molecule has 0 aliphatic rings. The number of halogens is 5. The van der Waals surface area contributed by atoms with Crippen molar-refractivity contribution in [3.8, 4) is 0 Å². The van der Waals surface area contributed by atoms with Crippen LogP contribution in [0.4, 0.5) is 27.6 Å². The van der Waals surface area contributed by atoms with Crippen LogP contribution in [0.15, 0.2) is 46.3 Å². The van der Waals surface area contributed by atoms with Gasteiger partial charge in [-0.05, 0) is 36.3 Å². The van der Waals surface area contributed by atoms with Crippen molar-refractivity contribution >= 4 is 22.7 Å². The average Bonchev–Trinajstić information content (AvgIpc) is 2.51. The molecule has 1 atom stereocenters. The lowest BCUT2D eigenvalue weighted by Gasteiger charge is -2.18. The van der Waals surface area contributed by atoms with Gasteiger partial charge in [-0.1, -0.05) is 12.1 Å². The quantitative estimate of drug-likeness (QED) is 0.324. The van der Waals surface area contributed by atoms with Crippen molar-refractivity contribution < 1.29 is 26.5 Å². The highest BCUT2D eigenvalue weighted by Gasteiger charge is 2.36. The van der Waals surface area contributed by atoms with Crippen LogP contribution in [-0.2, 0) is 11.2 Å². The summed E-state index contributed by atoms with van der Waals surface area (Å²) in [5.41, 5.74) is 0.211. The monoisotopic (exact) mass is 404 g/mol. The van der Waals surface area contributed by atoms with Crippen LogP contribution in [0, 0.1) is 18.6 Å². The van der Waals surface area contributed by atoms with Gasteiger partial charge in [-0.3, -0.25) is 0 Å². The summed E-state index contributed by atoms with van der Waals surface area (Å²) in [6.07, 6.45) is -4.62. The lowest BCUT2D eigenvalue weighted by molar-refractivity contribution is -0.106. The molecule has 2 rings (SSSR count). The van der Waals surface area contributed by atoms with E-state index >= 15 is 0 Å². The third kappa shape index (κ3) is 5.67. The van der Waals surface area contributed by atoms with Crippen LogP contribution in [0.2, 0.25) is 0 Å². The highest BCUT2D eigenvalue weighted by atomic mass is 32.2. The topological polar surface area (TPSA) is 38.7 Å². The van der Waals surface area contributed by atoms with Crippen LogP contribution in [0.25, 0.3) is 0 Å². The highest BCUT2D eigenvalue weighted by Crippen LogP contribution is 2.30. The number of aryl methyl sites for hydroxylation is 1. The lowest BCUT2D eigenvalue weighted by atomic mass is 10.1. The molecule has 0 aliphatic heterocycles. The summed E-state index contributed by atoms with van der Waals surface area (Å²) in [6, 6.07) is 7.49. The van der Waals surface area contributed by atoms with Gasteiger partial charge in [0.15, 0.2) is 4.90 Å². The largest absolute Gasteiger partial charge is 0.611 e. The third-order valence-corrected chi connectivity index (χ3v) is 5.04. The Morgan fingerprint density at radius 2 is 1.81 bits per heavy atom. The minimum Gasteiger partial charge on any atom is -0.611 e. The van der Waals surface area contributed by atoms with E-state index in [1.165, 1.54) is 30.0 Å². The number of aliphatic imine (C=N–C) groups is 1. The maximum Gasteiger partial charge on any atom is 0.433 e. The second-order valence-electron chi connectivity index (χ2n) is 6.01. The van der Waals surface area contributed by atoms with Crippen LogP contribution in [0.1, 0.15) is 11.1 Å². The van der Waals surface area contributed by atoms with Crippen LogP contribution >= 0.6 is 0 Å². The number of rotatable bonds is 4. The van der Waals surface area contributed by atoms with Gasteiger partial charge in [-0.25, -0.2) is 13.8 Å². The van der Waals surface area contributed by atoms with E-state index in [1.807, 2.05) is 0 Å². The summed E-state index contributed by atoms with van der Waals surface area (Å²) in [5, 5.41) is 0. The Hall–Kier alpha value is -2.13. The van der Waals surface area contributed by atoms with Crippen molar-refractivity contribution in [2.24, 2.45) is 4.99 Å². The van der Waals surface area contributed by atoms with Crippen molar-refractivity contribution in [2.45, 2.75) is 18.0 Å². The Labute approximate surface area is 156 Å². The van der Waals surface area contributed by atoms with Gasteiger partial charge in [0.05, 0.1) is 0 Å². The fourth-order valence-electron chi connectivity index (χ4n) is 2.36. The standard InChI is InChI=1S/C18H17F5N2OS/c1-11-7-14(20)15(9-16(11)27(26)10-18(21,22)23)24-17(25(2)3)12-5-4-6-13(19)8-12/h4-9H,10H2,1-3H3/b24-17+. The average molecular weight is 404 g/mol. The molecule has 146 valence electrons. The minimum atomic E-state index is -4.62. The molecule has 3 nitrogen and oxygen atoms in total. The van der Waals surface area contributed by atoms with Gasteiger partial charge in [0.2, 0.25) is 5.75 Å². The van der Waals surface area contributed by atoms with Gasteiger partial charge >= 0.3 is 6.18 Å². The number of nitrogens with zero attached hydrogens (tertiary/aromatic N) is 2. The summed E-state index contributed by atoms with van der Waals surface area (Å²) >= 11 is -2.39. The number of benzene rings is 2. The summed E-state index contributed by atoms with van der Waals surface area (Å²) in [4.78, 5) is 5.50. The summed E-state index contributed by atoms with van der Waals surface area (Å²) < 4.78 is 77.5. The summed E-state index contributed by atoms with van der Waals surface area (Å²) in [5.74, 6) is -2.63. The molecular weight excluding hydrogens is 387 g/mol. The van der Waals surface area contributed by atoms with Crippen LogP contribution < -0.4 is 0 Å². The maximum atomic E-state index is 14.3. The van der Waals surface area contributed by atoms with Crippen molar-refractivity contribution in [1.29, 1.82) is 0 Å². The van der Waals surface area contributed by atoms with Crippen LogP contribution in [0.3, 0.4) is 0 Å². The Morgan fingerprint density at radius 1 is 1.15 bits per heavy atom. The highest BCUT2D eigenvalue weighted by molar-refractivity contribution is 7.91. The zero-order valence-electron chi connectivity index (χ0n) is 14.8. The predicted octanol–water partition coefficient (Wildman–Crippen LogP) is 4.58. The van der Waals surface area contributed by atoms with E-state index in [2.05, 4.69) is 4.99 Å².